The Kier molecular flexibility index (Phi) is 5.11. The zero-order valence-corrected chi connectivity index (χ0v) is 15.4. The second kappa shape index (κ2) is 7.29. The molecule has 130 valence electrons. The molecule has 1 aliphatic heterocycles. The Labute approximate surface area is 156 Å². The normalized spacial score (nSPS) is 15.8. The quantitative estimate of drug-likeness (QED) is 0.633. The number of halogens is 1. The van der Waals surface area contributed by atoms with Crippen molar-refractivity contribution in [1.29, 1.82) is 0 Å². The fraction of sp³-hybridized carbons (Fsp3) is 0.222. The summed E-state index contributed by atoms with van der Waals surface area (Å²) in [6, 6.07) is 9.07. The van der Waals surface area contributed by atoms with Crippen molar-refractivity contribution in [2.45, 2.75) is 20.5 Å². The summed E-state index contributed by atoms with van der Waals surface area (Å²) in [5.74, 6) is 1.77. The molecule has 1 N–H and O–H groups in total. The number of thiocarbonyl (C=S) groups is 1. The lowest BCUT2D eigenvalue weighted by Crippen LogP contribution is -2.30. The van der Waals surface area contributed by atoms with Crippen molar-refractivity contribution >= 4 is 40.9 Å². The van der Waals surface area contributed by atoms with E-state index in [2.05, 4.69) is 5.32 Å². The minimum Gasteiger partial charge on any atom is -0.486 e. The molecule has 5 nitrogen and oxygen atoms in total. The average Bonchev–Trinajstić information content (AvgIpc) is 3.13. The SMILES string of the molecule is CCN1C(=O)/C(=C\c2ccc(COc3ccc(Cl)c(C)c3)o2)NC1=S. The predicted molar refractivity (Wildman–Crippen MR) is 100 cm³/mol. The van der Waals surface area contributed by atoms with E-state index in [9.17, 15) is 4.79 Å². The molecule has 0 spiro atoms. The van der Waals surface area contributed by atoms with E-state index in [-0.39, 0.29) is 12.5 Å². The highest BCUT2D eigenvalue weighted by Gasteiger charge is 2.29. The van der Waals surface area contributed by atoms with Crippen LogP contribution in [0.15, 0.2) is 40.4 Å². The Morgan fingerprint density at radius 2 is 2.16 bits per heavy atom. The summed E-state index contributed by atoms with van der Waals surface area (Å²) >= 11 is 11.1. The van der Waals surface area contributed by atoms with Crippen molar-refractivity contribution in [2.24, 2.45) is 0 Å². The van der Waals surface area contributed by atoms with Gasteiger partial charge in [0.2, 0.25) is 0 Å². The van der Waals surface area contributed by atoms with Crippen LogP contribution < -0.4 is 10.1 Å². The van der Waals surface area contributed by atoms with Crippen LogP contribution in [-0.2, 0) is 11.4 Å². The lowest BCUT2D eigenvalue weighted by molar-refractivity contribution is -0.122. The summed E-state index contributed by atoms with van der Waals surface area (Å²) in [5.41, 5.74) is 1.35. The lowest BCUT2D eigenvalue weighted by Gasteiger charge is -2.08. The van der Waals surface area contributed by atoms with E-state index in [1.54, 1.807) is 18.2 Å². The van der Waals surface area contributed by atoms with E-state index < -0.39 is 0 Å². The zero-order chi connectivity index (χ0) is 18.0. The van der Waals surface area contributed by atoms with E-state index in [4.69, 9.17) is 33.0 Å². The number of hydrogen-bond acceptors (Lipinski definition) is 4. The summed E-state index contributed by atoms with van der Waals surface area (Å²) in [6.45, 7) is 4.60. The number of nitrogens with one attached hydrogen (secondary N) is 1. The number of amides is 1. The topological polar surface area (TPSA) is 54.7 Å². The average molecular weight is 377 g/mol. The molecular weight excluding hydrogens is 360 g/mol. The molecule has 1 fully saturated rings. The summed E-state index contributed by atoms with van der Waals surface area (Å²) in [4.78, 5) is 13.7. The first kappa shape index (κ1) is 17.5. The maximum atomic E-state index is 12.2. The Morgan fingerprint density at radius 3 is 2.84 bits per heavy atom. The molecule has 0 bridgehead atoms. The van der Waals surface area contributed by atoms with E-state index in [0.717, 1.165) is 11.3 Å². The van der Waals surface area contributed by atoms with Gasteiger partial charge in [0.25, 0.3) is 5.91 Å². The van der Waals surface area contributed by atoms with Gasteiger partial charge < -0.3 is 14.5 Å². The van der Waals surface area contributed by atoms with Crippen molar-refractivity contribution in [1.82, 2.24) is 10.2 Å². The van der Waals surface area contributed by atoms with Gasteiger partial charge in [-0.3, -0.25) is 9.69 Å². The van der Waals surface area contributed by atoms with E-state index in [1.165, 1.54) is 4.90 Å². The van der Waals surface area contributed by atoms with Crippen molar-refractivity contribution in [2.75, 3.05) is 6.54 Å². The highest BCUT2D eigenvalue weighted by atomic mass is 35.5. The van der Waals surface area contributed by atoms with Crippen LogP contribution in [0.25, 0.3) is 6.08 Å². The summed E-state index contributed by atoms with van der Waals surface area (Å²) in [5, 5.41) is 4.01. The number of likely N-dealkylation sites (N-methyl/N-ethyl adjacent to an activating group) is 1. The molecule has 1 aliphatic rings. The van der Waals surface area contributed by atoms with Gasteiger partial charge in [0, 0.05) is 17.6 Å². The van der Waals surface area contributed by atoms with Gasteiger partial charge in [-0.25, -0.2) is 0 Å². The van der Waals surface area contributed by atoms with Crippen LogP contribution in [0.3, 0.4) is 0 Å². The third kappa shape index (κ3) is 3.86. The van der Waals surface area contributed by atoms with Gasteiger partial charge >= 0.3 is 0 Å². The van der Waals surface area contributed by atoms with Crippen molar-refractivity contribution in [3.05, 3.63) is 58.1 Å². The Hall–Kier alpha value is -2.31. The standard InChI is InChI=1S/C18H17ClN2O3S/c1-3-21-17(22)16(20-18(21)25)9-13-4-5-14(24-13)10-23-12-6-7-15(19)11(2)8-12/h4-9H,3,10H2,1-2H3,(H,20,25)/b16-9+. The minimum atomic E-state index is -0.154. The van der Waals surface area contributed by atoms with Crippen LogP contribution in [-0.4, -0.2) is 22.5 Å². The Bertz CT molecular complexity index is 860. The van der Waals surface area contributed by atoms with Gasteiger partial charge in [-0.05, 0) is 62.0 Å². The van der Waals surface area contributed by atoms with Crippen molar-refractivity contribution in [3.8, 4) is 5.75 Å². The maximum Gasteiger partial charge on any atom is 0.276 e. The van der Waals surface area contributed by atoms with Gasteiger partial charge in [-0.1, -0.05) is 11.6 Å². The smallest absolute Gasteiger partial charge is 0.276 e. The number of carbonyl (C=O) groups is 1. The number of carbonyl (C=O) groups excluding carboxylic acids is 1. The first-order valence-electron chi connectivity index (χ1n) is 7.80. The maximum absolute atomic E-state index is 12.2. The minimum absolute atomic E-state index is 0.154. The number of nitrogens with zero attached hydrogens (tertiary/aromatic N) is 1. The summed E-state index contributed by atoms with van der Waals surface area (Å²) < 4.78 is 11.4. The zero-order valence-electron chi connectivity index (χ0n) is 13.8. The number of rotatable bonds is 5. The van der Waals surface area contributed by atoms with Crippen LogP contribution in [0.2, 0.25) is 5.02 Å². The van der Waals surface area contributed by atoms with Crippen molar-refractivity contribution in [3.63, 3.8) is 0 Å². The molecule has 0 radical (unpaired) electrons. The molecule has 1 aromatic carbocycles. The molecule has 1 amide bonds. The molecule has 1 saturated heterocycles. The second-order valence-electron chi connectivity index (χ2n) is 5.54. The van der Waals surface area contributed by atoms with Gasteiger partial charge in [-0.15, -0.1) is 0 Å². The Balaban J connectivity index is 1.66. The second-order valence-corrected chi connectivity index (χ2v) is 6.34. The highest BCUT2D eigenvalue weighted by Crippen LogP contribution is 2.22. The van der Waals surface area contributed by atoms with E-state index in [0.29, 0.717) is 33.9 Å². The first-order chi connectivity index (χ1) is 12.0. The van der Waals surface area contributed by atoms with Crippen LogP contribution in [0, 0.1) is 6.92 Å². The van der Waals surface area contributed by atoms with E-state index >= 15 is 0 Å². The Morgan fingerprint density at radius 1 is 1.36 bits per heavy atom. The number of furan rings is 1. The number of hydrogen-bond donors (Lipinski definition) is 1. The summed E-state index contributed by atoms with van der Waals surface area (Å²) in [6.07, 6.45) is 1.64. The third-order valence-corrected chi connectivity index (χ3v) is 4.50. The number of ether oxygens (including phenoxy) is 1. The van der Waals surface area contributed by atoms with Crippen LogP contribution in [0.4, 0.5) is 0 Å². The molecular formula is C18H17ClN2O3S. The highest BCUT2D eigenvalue weighted by molar-refractivity contribution is 7.80. The molecule has 0 atom stereocenters. The molecule has 3 rings (SSSR count). The molecule has 0 unspecified atom stereocenters. The summed E-state index contributed by atoms with van der Waals surface area (Å²) in [7, 11) is 0. The number of benzene rings is 1. The van der Waals surface area contributed by atoms with Crippen LogP contribution in [0.5, 0.6) is 5.75 Å². The largest absolute Gasteiger partial charge is 0.486 e. The van der Waals surface area contributed by atoms with E-state index in [1.807, 2.05) is 32.0 Å². The molecule has 7 heteroatoms. The molecule has 2 aromatic rings. The van der Waals surface area contributed by atoms with Crippen LogP contribution in [0.1, 0.15) is 24.0 Å². The lowest BCUT2D eigenvalue weighted by atomic mass is 10.2. The van der Waals surface area contributed by atoms with Gasteiger partial charge in [0.1, 0.15) is 29.6 Å². The van der Waals surface area contributed by atoms with Gasteiger partial charge in [0.05, 0.1) is 0 Å². The monoisotopic (exact) mass is 376 g/mol. The fourth-order valence-electron chi connectivity index (χ4n) is 2.41. The molecule has 2 heterocycles. The third-order valence-electron chi connectivity index (χ3n) is 3.76. The molecule has 0 aliphatic carbocycles. The number of aryl methyl sites for hydroxylation is 1. The van der Waals surface area contributed by atoms with Gasteiger partial charge in [-0.2, -0.15) is 0 Å². The molecule has 0 saturated carbocycles. The molecule has 25 heavy (non-hydrogen) atoms. The first-order valence-corrected chi connectivity index (χ1v) is 8.58. The molecule has 1 aromatic heterocycles. The van der Waals surface area contributed by atoms with Crippen molar-refractivity contribution < 1.29 is 13.9 Å². The fourth-order valence-corrected chi connectivity index (χ4v) is 2.85. The predicted octanol–water partition coefficient (Wildman–Crippen LogP) is 3.90. The van der Waals surface area contributed by atoms with Crippen LogP contribution >= 0.6 is 23.8 Å². The van der Waals surface area contributed by atoms with Gasteiger partial charge in [0.15, 0.2) is 5.11 Å².